The minimum atomic E-state index is 0.627. The van der Waals surface area contributed by atoms with Gasteiger partial charge < -0.3 is 0 Å². The average molecular weight is 116 g/mol. The topological polar surface area (TPSA) is 27.0 Å². The van der Waals surface area contributed by atoms with Crippen molar-refractivity contribution in [1.29, 1.82) is 0 Å². The molecule has 0 saturated carbocycles. The van der Waals surface area contributed by atoms with Crippen molar-refractivity contribution in [3.63, 3.8) is 0 Å². The lowest BCUT2D eigenvalue weighted by molar-refractivity contribution is -0.382. The molecule has 0 radical (unpaired) electrons. The Hall–Kier alpha value is -0.630. The van der Waals surface area contributed by atoms with Gasteiger partial charge in [-0.05, 0) is 0 Å². The maximum absolute atomic E-state index is 5.45. The SMILES string of the molecule is Clc1cnc[nH+]c1. The first kappa shape index (κ1) is 4.53. The first-order valence-corrected chi connectivity index (χ1v) is 2.24. The van der Waals surface area contributed by atoms with Crippen LogP contribution < -0.4 is 4.98 Å². The number of rotatable bonds is 0. The van der Waals surface area contributed by atoms with Crippen LogP contribution in [0.1, 0.15) is 0 Å². The molecule has 1 N–H and O–H groups in total. The van der Waals surface area contributed by atoms with Gasteiger partial charge in [-0.15, -0.1) is 0 Å². The fraction of sp³-hybridized carbons (Fsp3) is 0. The summed E-state index contributed by atoms with van der Waals surface area (Å²) in [4.78, 5) is 6.41. The summed E-state index contributed by atoms with van der Waals surface area (Å²) in [6.07, 6.45) is 4.79. The van der Waals surface area contributed by atoms with Crippen molar-refractivity contribution in [1.82, 2.24) is 4.98 Å². The molecule has 0 amide bonds. The van der Waals surface area contributed by atoms with Gasteiger partial charge in [-0.2, -0.15) is 0 Å². The molecule has 36 valence electrons. The highest BCUT2D eigenvalue weighted by Gasteiger charge is 1.84. The first-order valence-electron chi connectivity index (χ1n) is 1.86. The van der Waals surface area contributed by atoms with E-state index in [4.69, 9.17) is 11.6 Å². The van der Waals surface area contributed by atoms with E-state index in [1.54, 1.807) is 18.7 Å². The molecular formula is C4H4ClN2+. The minimum absolute atomic E-state index is 0.627. The molecule has 0 aliphatic rings. The summed E-state index contributed by atoms with van der Waals surface area (Å²) in [5, 5.41) is 0.627. The van der Waals surface area contributed by atoms with E-state index < -0.39 is 0 Å². The molecule has 0 unspecified atom stereocenters. The molecule has 7 heavy (non-hydrogen) atoms. The molecule has 0 fully saturated rings. The van der Waals surface area contributed by atoms with E-state index in [9.17, 15) is 0 Å². The van der Waals surface area contributed by atoms with Crippen LogP contribution in [0, 0.1) is 0 Å². The fourth-order valence-electron chi connectivity index (χ4n) is 0.306. The Bertz CT molecular complexity index is 140. The Morgan fingerprint density at radius 2 is 2.57 bits per heavy atom. The first-order chi connectivity index (χ1) is 3.39. The van der Waals surface area contributed by atoms with E-state index in [1.807, 2.05) is 0 Å². The van der Waals surface area contributed by atoms with Crippen LogP contribution in [0.4, 0.5) is 0 Å². The monoisotopic (exact) mass is 115 g/mol. The number of hydrogen-bond donors (Lipinski definition) is 0. The molecule has 0 aliphatic heterocycles. The number of H-pyrrole nitrogens is 1. The molecule has 0 aliphatic carbocycles. The highest BCUT2D eigenvalue weighted by atomic mass is 35.5. The third-order valence-corrected chi connectivity index (χ3v) is 0.775. The van der Waals surface area contributed by atoms with Crippen molar-refractivity contribution >= 4 is 11.6 Å². The normalized spacial score (nSPS) is 8.71. The average Bonchev–Trinajstić information content (AvgIpc) is 1.69. The third kappa shape index (κ3) is 1.12. The van der Waals surface area contributed by atoms with Gasteiger partial charge in [-0.1, -0.05) is 16.6 Å². The largest absolute Gasteiger partial charge is 0.283 e. The van der Waals surface area contributed by atoms with Gasteiger partial charge in [-0.25, -0.2) is 4.98 Å². The molecule has 0 saturated heterocycles. The second-order valence-electron chi connectivity index (χ2n) is 1.10. The van der Waals surface area contributed by atoms with E-state index in [1.165, 1.54) is 0 Å². The number of nitrogens with zero attached hydrogens (tertiary/aromatic N) is 1. The van der Waals surface area contributed by atoms with Crippen LogP contribution in [-0.4, -0.2) is 4.98 Å². The summed E-state index contributed by atoms with van der Waals surface area (Å²) in [6.45, 7) is 0. The highest BCUT2D eigenvalue weighted by Crippen LogP contribution is 1.96. The number of aromatic amines is 1. The van der Waals surface area contributed by atoms with E-state index in [0.29, 0.717) is 5.02 Å². The van der Waals surface area contributed by atoms with Gasteiger partial charge in [0.1, 0.15) is 11.2 Å². The Morgan fingerprint density at radius 1 is 1.71 bits per heavy atom. The molecule has 3 heteroatoms. The van der Waals surface area contributed by atoms with Gasteiger partial charge >= 0.3 is 0 Å². The van der Waals surface area contributed by atoms with Crippen molar-refractivity contribution < 1.29 is 4.98 Å². The van der Waals surface area contributed by atoms with Crippen LogP contribution in [0.15, 0.2) is 18.7 Å². The predicted molar refractivity (Wildman–Crippen MR) is 25.8 cm³/mol. The van der Waals surface area contributed by atoms with E-state index in [2.05, 4.69) is 9.97 Å². The van der Waals surface area contributed by atoms with Crippen LogP contribution >= 0.6 is 11.6 Å². The van der Waals surface area contributed by atoms with Crippen molar-refractivity contribution in [3.05, 3.63) is 23.7 Å². The summed E-state index contributed by atoms with van der Waals surface area (Å²) in [6, 6.07) is 0. The van der Waals surface area contributed by atoms with E-state index in [-0.39, 0.29) is 0 Å². The number of halogens is 1. The Morgan fingerprint density at radius 3 is 2.86 bits per heavy atom. The number of hydrogen-bond acceptors (Lipinski definition) is 1. The van der Waals surface area contributed by atoms with E-state index >= 15 is 0 Å². The lowest BCUT2D eigenvalue weighted by atomic mass is 10.7. The molecular weight excluding hydrogens is 112 g/mol. The van der Waals surface area contributed by atoms with Crippen LogP contribution in [0.3, 0.4) is 0 Å². The Balaban J connectivity index is 3.02. The van der Waals surface area contributed by atoms with Crippen molar-refractivity contribution in [3.8, 4) is 0 Å². The fourth-order valence-corrected chi connectivity index (χ4v) is 0.425. The second kappa shape index (κ2) is 1.89. The predicted octanol–water partition coefficient (Wildman–Crippen LogP) is 0.549. The smallest absolute Gasteiger partial charge is 0.249 e. The van der Waals surface area contributed by atoms with Gasteiger partial charge in [0, 0.05) is 0 Å². The third-order valence-electron chi connectivity index (χ3n) is 0.568. The van der Waals surface area contributed by atoms with Gasteiger partial charge in [0.25, 0.3) is 6.33 Å². The summed E-state index contributed by atoms with van der Waals surface area (Å²) >= 11 is 5.45. The van der Waals surface area contributed by atoms with Crippen LogP contribution in [0.5, 0.6) is 0 Å². The van der Waals surface area contributed by atoms with Gasteiger partial charge in [-0.3, -0.25) is 0 Å². The van der Waals surface area contributed by atoms with Crippen LogP contribution in [0.2, 0.25) is 5.02 Å². The number of nitrogens with one attached hydrogen (secondary N) is 1. The minimum Gasteiger partial charge on any atom is -0.249 e. The molecule has 1 aromatic heterocycles. The summed E-state index contributed by atoms with van der Waals surface area (Å²) in [5.74, 6) is 0. The van der Waals surface area contributed by atoms with Gasteiger partial charge in [0.15, 0.2) is 6.20 Å². The lowest BCUT2D eigenvalue weighted by Crippen LogP contribution is -1.98. The Labute approximate surface area is 46.2 Å². The zero-order valence-corrected chi connectivity index (χ0v) is 4.31. The van der Waals surface area contributed by atoms with E-state index in [0.717, 1.165) is 0 Å². The van der Waals surface area contributed by atoms with Crippen molar-refractivity contribution in [2.45, 2.75) is 0 Å². The van der Waals surface area contributed by atoms with Gasteiger partial charge in [0.05, 0.1) is 0 Å². The summed E-state index contributed by atoms with van der Waals surface area (Å²) in [5.41, 5.74) is 0. The molecule has 2 nitrogen and oxygen atoms in total. The molecule has 0 aromatic carbocycles. The zero-order chi connectivity index (χ0) is 5.11. The number of aromatic nitrogens is 2. The van der Waals surface area contributed by atoms with Crippen molar-refractivity contribution in [2.75, 3.05) is 0 Å². The second-order valence-corrected chi connectivity index (χ2v) is 1.54. The highest BCUT2D eigenvalue weighted by molar-refractivity contribution is 6.30. The lowest BCUT2D eigenvalue weighted by Gasteiger charge is -1.71. The molecule has 0 bridgehead atoms. The molecule has 0 atom stereocenters. The van der Waals surface area contributed by atoms with Gasteiger partial charge in [0.2, 0.25) is 0 Å². The summed E-state index contributed by atoms with van der Waals surface area (Å²) in [7, 11) is 0. The zero-order valence-electron chi connectivity index (χ0n) is 3.56. The van der Waals surface area contributed by atoms with Crippen LogP contribution in [-0.2, 0) is 0 Å². The quantitative estimate of drug-likeness (QED) is 0.485. The summed E-state index contributed by atoms with van der Waals surface area (Å²) < 4.78 is 0. The maximum atomic E-state index is 5.45. The Kier molecular flexibility index (Phi) is 1.22. The standard InChI is InChI=1S/C4H3ClN2/c5-4-1-6-3-7-2-4/h1-3H/p+1. The molecule has 1 aromatic rings. The van der Waals surface area contributed by atoms with Crippen molar-refractivity contribution in [2.24, 2.45) is 0 Å². The maximum Gasteiger partial charge on any atom is 0.283 e. The molecule has 0 spiro atoms. The van der Waals surface area contributed by atoms with Crippen LogP contribution in [0.25, 0.3) is 0 Å². The molecule has 1 heterocycles. The molecule has 1 rings (SSSR count).